The predicted molar refractivity (Wildman–Crippen MR) is 106 cm³/mol. The summed E-state index contributed by atoms with van der Waals surface area (Å²) in [4.78, 5) is 24.9. The third-order valence-corrected chi connectivity index (χ3v) is 5.20. The molecule has 1 amide bonds. The van der Waals surface area contributed by atoms with E-state index in [4.69, 9.17) is 11.5 Å². The summed E-state index contributed by atoms with van der Waals surface area (Å²) < 4.78 is 0. The van der Waals surface area contributed by atoms with Gasteiger partial charge >= 0.3 is 0 Å². The van der Waals surface area contributed by atoms with E-state index in [1.165, 1.54) is 29.2 Å². The number of hydrogen-bond donors (Lipinski definition) is 3. The fourth-order valence-electron chi connectivity index (χ4n) is 2.21. The van der Waals surface area contributed by atoms with E-state index in [9.17, 15) is 4.79 Å². The Balaban J connectivity index is 1.56. The van der Waals surface area contributed by atoms with Crippen LogP contribution in [-0.4, -0.2) is 20.9 Å². The smallest absolute Gasteiger partial charge is 0.231 e. The molecule has 0 fully saturated rings. The summed E-state index contributed by atoms with van der Waals surface area (Å²) in [5.74, 6) is 1.18. The molecule has 0 bridgehead atoms. The molecule has 0 radical (unpaired) electrons. The van der Waals surface area contributed by atoms with E-state index in [1.54, 1.807) is 0 Å². The molecule has 0 aliphatic heterocycles. The Kier molecular flexibility index (Phi) is 5.69. The number of carbonyl (C=O) groups excluding carboxylic acids is 1. The second kappa shape index (κ2) is 8.15. The van der Waals surface area contributed by atoms with Gasteiger partial charge in [0.25, 0.3) is 0 Å². The molecule has 5 N–H and O–H groups in total. The van der Waals surface area contributed by atoms with Crippen molar-refractivity contribution in [1.82, 2.24) is 15.0 Å². The molecule has 0 atom stereocenters. The van der Waals surface area contributed by atoms with Crippen molar-refractivity contribution in [2.24, 2.45) is 0 Å². The van der Waals surface area contributed by atoms with Crippen LogP contribution in [0, 0.1) is 6.92 Å². The van der Waals surface area contributed by atoms with E-state index in [0.717, 1.165) is 22.0 Å². The summed E-state index contributed by atoms with van der Waals surface area (Å²) in [6, 6.07) is 9.19. The van der Waals surface area contributed by atoms with Crippen LogP contribution in [0.1, 0.15) is 16.3 Å². The number of amides is 1. The number of aromatic nitrogens is 3. The van der Waals surface area contributed by atoms with Gasteiger partial charge in [0.2, 0.25) is 5.91 Å². The highest BCUT2D eigenvalue weighted by molar-refractivity contribution is 7.98. The average molecular weight is 387 g/mol. The molecule has 0 unspecified atom stereocenters. The Bertz CT molecular complexity index is 907. The van der Waals surface area contributed by atoms with Gasteiger partial charge in [0.05, 0.1) is 12.1 Å². The van der Waals surface area contributed by atoms with E-state index in [1.807, 2.05) is 36.6 Å². The first-order valence-electron chi connectivity index (χ1n) is 7.81. The first-order chi connectivity index (χ1) is 12.5. The van der Waals surface area contributed by atoms with E-state index < -0.39 is 0 Å². The van der Waals surface area contributed by atoms with Crippen molar-refractivity contribution in [2.75, 3.05) is 16.8 Å². The van der Waals surface area contributed by atoms with Gasteiger partial charge in [-0.05, 0) is 18.6 Å². The number of para-hydroxylation sites is 1. The molecule has 0 spiro atoms. The zero-order valence-electron chi connectivity index (χ0n) is 14.1. The van der Waals surface area contributed by atoms with Gasteiger partial charge in [-0.1, -0.05) is 30.0 Å². The van der Waals surface area contributed by atoms with Gasteiger partial charge in [-0.3, -0.25) is 4.79 Å². The highest BCUT2D eigenvalue weighted by atomic mass is 32.2. The Morgan fingerprint density at radius 3 is 2.65 bits per heavy atom. The summed E-state index contributed by atoms with van der Waals surface area (Å²) in [6.45, 7) is 1.96. The van der Waals surface area contributed by atoms with Crippen molar-refractivity contribution in [2.45, 2.75) is 24.3 Å². The molecular weight excluding hydrogens is 368 g/mol. The first kappa shape index (κ1) is 18.2. The van der Waals surface area contributed by atoms with Gasteiger partial charge in [0, 0.05) is 22.9 Å². The minimum absolute atomic E-state index is 0.0835. The number of thioether (sulfide) groups is 1. The third kappa shape index (κ3) is 4.93. The van der Waals surface area contributed by atoms with Crippen LogP contribution in [0.3, 0.4) is 0 Å². The van der Waals surface area contributed by atoms with Crippen molar-refractivity contribution in [3.63, 3.8) is 0 Å². The summed E-state index contributed by atoms with van der Waals surface area (Å²) in [5.41, 5.74) is 14.0. The molecule has 1 aromatic carbocycles. The first-order valence-corrected chi connectivity index (χ1v) is 9.68. The van der Waals surface area contributed by atoms with Gasteiger partial charge in [0.1, 0.15) is 16.6 Å². The highest BCUT2D eigenvalue weighted by Gasteiger charge is 2.10. The van der Waals surface area contributed by atoms with Crippen molar-refractivity contribution < 1.29 is 4.79 Å². The van der Waals surface area contributed by atoms with Crippen LogP contribution in [0.5, 0.6) is 0 Å². The van der Waals surface area contributed by atoms with Crippen molar-refractivity contribution >= 4 is 46.3 Å². The van der Waals surface area contributed by atoms with Crippen molar-refractivity contribution in [3.05, 3.63) is 52.0 Å². The summed E-state index contributed by atoms with van der Waals surface area (Å²) >= 11 is 2.86. The Morgan fingerprint density at radius 2 is 1.92 bits per heavy atom. The number of carbonyl (C=O) groups is 1. The lowest BCUT2D eigenvalue weighted by Crippen LogP contribution is -2.15. The lowest BCUT2D eigenvalue weighted by Gasteiger charge is -2.06. The van der Waals surface area contributed by atoms with E-state index in [0.29, 0.717) is 22.5 Å². The molecule has 7 nitrogen and oxygen atoms in total. The lowest BCUT2D eigenvalue weighted by atomic mass is 10.2. The van der Waals surface area contributed by atoms with Gasteiger partial charge in [-0.15, -0.1) is 11.3 Å². The van der Waals surface area contributed by atoms with Gasteiger partial charge in [-0.2, -0.15) is 0 Å². The van der Waals surface area contributed by atoms with Crippen LogP contribution >= 0.6 is 23.1 Å². The maximum absolute atomic E-state index is 12.2. The lowest BCUT2D eigenvalue weighted by molar-refractivity contribution is -0.115. The summed E-state index contributed by atoms with van der Waals surface area (Å²) in [5, 5.41) is 6.11. The number of hydrogen-bond acceptors (Lipinski definition) is 8. The minimum atomic E-state index is -0.0835. The number of benzene rings is 1. The second-order valence-electron chi connectivity index (χ2n) is 5.56. The minimum Gasteiger partial charge on any atom is -0.383 e. The van der Waals surface area contributed by atoms with Crippen LogP contribution in [0.15, 0.2) is 40.9 Å². The molecule has 0 aliphatic rings. The zero-order chi connectivity index (χ0) is 18.5. The quantitative estimate of drug-likeness (QED) is 0.440. The Morgan fingerprint density at radius 1 is 1.19 bits per heavy atom. The molecule has 0 saturated heterocycles. The molecule has 134 valence electrons. The second-order valence-corrected chi connectivity index (χ2v) is 7.45. The van der Waals surface area contributed by atoms with E-state index >= 15 is 0 Å². The van der Waals surface area contributed by atoms with Gasteiger partial charge < -0.3 is 16.8 Å². The molecule has 3 aromatic rings. The predicted octanol–water partition coefficient (Wildman–Crippen LogP) is 2.88. The molecule has 9 heteroatoms. The Labute approximate surface area is 159 Å². The molecule has 3 rings (SSSR count). The number of anilines is 3. The fraction of sp³-hybridized carbons (Fsp3) is 0.176. The normalized spacial score (nSPS) is 10.7. The summed E-state index contributed by atoms with van der Waals surface area (Å²) in [6.07, 6.45) is 0.241. The zero-order valence-corrected chi connectivity index (χ0v) is 15.7. The van der Waals surface area contributed by atoms with Crippen molar-refractivity contribution in [1.29, 1.82) is 0 Å². The fourth-order valence-corrected chi connectivity index (χ4v) is 3.87. The van der Waals surface area contributed by atoms with Crippen LogP contribution in [0.2, 0.25) is 0 Å². The maximum Gasteiger partial charge on any atom is 0.231 e. The molecule has 0 saturated carbocycles. The molecule has 2 heterocycles. The van der Waals surface area contributed by atoms with Crippen LogP contribution < -0.4 is 16.8 Å². The number of rotatable bonds is 6. The standard InChI is InChI=1S/C17H18N6OS2/c1-10-4-2-3-5-12(10)21-15(24)7-16-20-11(8-25-16)9-26-17-22-13(18)6-14(19)23-17/h2-6,8H,7,9H2,1H3,(H,21,24)(H4,18,19,22,23). The average Bonchev–Trinajstić information content (AvgIpc) is 3.01. The molecular formula is C17H18N6OS2. The SMILES string of the molecule is Cc1ccccc1NC(=O)Cc1nc(CSc2nc(N)cc(N)n2)cs1. The van der Waals surface area contributed by atoms with E-state index in [-0.39, 0.29) is 12.3 Å². The monoisotopic (exact) mass is 386 g/mol. The number of nitrogens with zero attached hydrogens (tertiary/aromatic N) is 3. The number of nitrogens with two attached hydrogens (primary N) is 2. The Hall–Kier alpha value is -2.65. The molecule has 2 aromatic heterocycles. The number of nitrogen functional groups attached to an aromatic ring is 2. The van der Waals surface area contributed by atoms with Crippen LogP contribution in [0.25, 0.3) is 0 Å². The summed E-state index contributed by atoms with van der Waals surface area (Å²) in [7, 11) is 0. The molecule has 0 aliphatic carbocycles. The topological polar surface area (TPSA) is 120 Å². The molecule has 26 heavy (non-hydrogen) atoms. The van der Waals surface area contributed by atoms with Gasteiger partial charge in [0.15, 0.2) is 5.16 Å². The number of aryl methyl sites for hydroxylation is 1. The van der Waals surface area contributed by atoms with Crippen molar-refractivity contribution in [3.8, 4) is 0 Å². The van der Waals surface area contributed by atoms with Crippen LogP contribution in [0.4, 0.5) is 17.3 Å². The number of thiazole rings is 1. The third-order valence-electron chi connectivity index (χ3n) is 3.42. The van der Waals surface area contributed by atoms with Gasteiger partial charge in [-0.25, -0.2) is 15.0 Å². The number of nitrogens with one attached hydrogen (secondary N) is 1. The van der Waals surface area contributed by atoms with E-state index in [2.05, 4.69) is 20.3 Å². The maximum atomic E-state index is 12.2. The largest absolute Gasteiger partial charge is 0.383 e. The van der Waals surface area contributed by atoms with Crippen LogP contribution in [-0.2, 0) is 17.0 Å². The highest BCUT2D eigenvalue weighted by Crippen LogP contribution is 2.23.